The number of aliphatic hydroxyl groups excluding tert-OH is 25. The van der Waals surface area contributed by atoms with Crippen LogP contribution in [-0.2, 0) is 75.8 Å². The van der Waals surface area contributed by atoms with Gasteiger partial charge in [0.05, 0.1) is 77.8 Å². The zero-order valence-corrected chi connectivity index (χ0v) is 53.9. The molecular formula is C59H100O41. The van der Waals surface area contributed by atoms with Crippen LogP contribution in [0.5, 0.6) is 0 Å². The number of aliphatic hydroxyl groups is 25. The van der Waals surface area contributed by atoms with Crippen LogP contribution < -0.4 is 0 Å². The predicted molar refractivity (Wildman–Crippen MR) is 314 cm³/mol. The monoisotopic (exact) mass is 1460 g/mol. The Balaban J connectivity index is 0.719. The molecule has 0 aromatic rings. The molecule has 7 aliphatic heterocycles. The normalized spacial score (nSPS) is 48.4. The van der Waals surface area contributed by atoms with E-state index in [0.29, 0.717) is 31.1 Å². The number of ether oxygens (including phenoxy) is 15. The van der Waals surface area contributed by atoms with Crippen LogP contribution in [0.4, 0.5) is 0 Å². The number of carbonyl (C=O) groups excluding carboxylic acids is 1. The molecule has 8 fully saturated rings. The Labute approximate surface area is 570 Å². The summed E-state index contributed by atoms with van der Waals surface area (Å²) in [5.41, 5.74) is 0.382. The summed E-state index contributed by atoms with van der Waals surface area (Å²) in [4.78, 5) is 12.0. The van der Waals surface area contributed by atoms with Crippen LogP contribution in [-0.4, -0.2) is 433 Å². The summed E-state index contributed by atoms with van der Waals surface area (Å²) in [5, 5.41) is 262. The van der Waals surface area contributed by atoms with E-state index in [9.17, 15) is 132 Å². The van der Waals surface area contributed by atoms with Gasteiger partial charge in [-0.15, -0.1) is 0 Å². The maximum atomic E-state index is 12.0. The lowest BCUT2D eigenvalue weighted by Gasteiger charge is -2.44. The quantitative estimate of drug-likeness (QED) is 0.0169. The zero-order chi connectivity index (χ0) is 73.1. The van der Waals surface area contributed by atoms with Gasteiger partial charge < -0.3 is 199 Å². The van der Waals surface area contributed by atoms with E-state index in [0.717, 1.165) is 0 Å². The van der Waals surface area contributed by atoms with Crippen molar-refractivity contribution in [3.05, 3.63) is 11.6 Å². The Morgan fingerprint density at radius 2 is 0.640 bits per heavy atom. The van der Waals surface area contributed by atoms with Crippen molar-refractivity contribution in [3.8, 4) is 0 Å². The molecule has 8 rings (SSSR count). The first-order valence-electron chi connectivity index (χ1n) is 33.0. The number of allylic oxidation sites excluding steroid dienone is 2. The lowest BCUT2D eigenvalue weighted by molar-refractivity contribution is -0.347. The van der Waals surface area contributed by atoms with Gasteiger partial charge in [0.25, 0.3) is 0 Å². The van der Waals surface area contributed by atoms with Crippen LogP contribution in [0.1, 0.15) is 44.9 Å². The van der Waals surface area contributed by atoms with Crippen LogP contribution in [0.3, 0.4) is 0 Å². The van der Waals surface area contributed by atoms with Crippen molar-refractivity contribution < 1.29 is 204 Å². The molecule has 100 heavy (non-hydrogen) atoms. The Kier molecular flexibility index (Phi) is 32.2. The van der Waals surface area contributed by atoms with Crippen LogP contribution >= 0.6 is 0 Å². The first kappa shape index (κ1) is 83.4. The van der Waals surface area contributed by atoms with Crippen molar-refractivity contribution in [2.75, 3.05) is 66.1 Å². The SMILES string of the molecule is O=C/C(=C\CCCCO[C@H]1C[C@@H](O)[C@H](O)[C@@H](CO[C@@H]2C[C@H](CO[C@@H]3O[C@H](CO[C@@H]4O[C@H](CO)[C@@H](O)[C@H](O)[C@H]4O)[C@@H](O)[C@H](O)[C@H]3O)[C@@H](O)[C@H](O)[C@H]2O)O1)CCCO[C@@H]1O[C@H](CO[C@@H]2O[C@H](CO[C@@H]3O[C@H](CO[C@@H]4O[C@H](CO)[C@@H](O)[C@H](O)[C@H]4O)[C@@H](O)[C@H](O)[C@H]3O)[C@@H](O)[C@H](O)[C@H]2O)[C@@H](O)[C@H](O)[C@H]1O. The second-order valence-electron chi connectivity index (χ2n) is 26.1. The fraction of sp³-hybridized carbons (Fsp3) is 0.949. The molecule has 0 aromatic carbocycles. The fourth-order valence-corrected chi connectivity index (χ4v) is 12.6. The summed E-state index contributed by atoms with van der Waals surface area (Å²) in [6, 6.07) is 0. The van der Waals surface area contributed by atoms with Gasteiger partial charge in [-0.3, -0.25) is 4.79 Å². The molecule has 1 aliphatic carbocycles. The van der Waals surface area contributed by atoms with Gasteiger partial charge >= 0.3 is 0 Å². The highest BCUT2D eigenvalue weighted by Crippen LogP contribution is 2.35. The average molecular weight is 1470 g/mol. The number of rotatable bonds is 32. The highest BCUT2D eigenvalue weighted by molar-refractivity contribution is 5.72. The number of aldehydes is 1. The largest absolute Gasteiger partial charge is 0.394 e. The molecule has 0 aromatic heterocycles. The van der Waals surface area contributed by atoms with Gasteiger partial charge in [-0.25, -0.2) is 0 Å². The third-order valence-corrected chi connectivity index (χ3v) is 19.0. The van der Waals surface area contributed by atoms with Crippen molar-refractivity contribution in [2.24, 2.45) is 5.92 Å². The Morgan fingerprint density at radius 3 is 1.03 bits per heavy atom. The highest BCUT2D eigenvalue weighted by atomic mass is 16.8. The van der Waals surface area contributed by atoms with Crippen molar-refractivity contribution in [1.82, 2.24) is 0 Å². The van der Waals surface area contributed by atoms with Gasteiger partial charge in [0.2, 0.25) is 0 Å². The number of hydrogen-bond acceptors (Lipinski definition) is 41. The third kappa shape index (κ3) is 20.3. The Hall–Kier alpha value is -2.19. The topological polar surface area (TPSA) is 661 Å². The molecule has 1 saturated carbocycles. The first-order chi connectivity index (χ1) is 47.5. The lowest BCUT2D eigenvalue weighted by Crippen LogP contribution is -2.63. The van der Waals surface area contributed by atoms with E-state index in [4.69, 9.17) is 71.1 Å². The first-order valence-corrected chi connectivity index (χ1v) is 33.0. The van der Waals surface area contributed by atoms with Crippen molar-refractivity contribution in [1.29, 1.82) is 0 Å². The van der Waals surface area contributed by atoms with Crippen molar-refractivity contribution >= 4 is 6.29 Å². The smallest absolute Gasteiger partial charge is 0.186 e. The minimum atomic E-state index is -1.97. The van der Waals surface area contributed by atoms with E-state index < -0.39 is 292 Å². The molecule has 582 valence electrons. The molecular weight excluding hydrogens is 1360 g/mol. The van der Waals surface area contributed by atoms with Crippen LogP contribution in [0, 0.1) is 5.92 Å². The maximum absolute atomic E-state index is 12.0. The molecule has 25 N–H and O–H groups in total. The minimum Gasteiger partial charge on any atom is -0.394 e. The third-order valence-electron chi connectivity index (χ3n) is 19.0. The van der Waals surface area contributed by atoms with Gasteiger partial charge in [-0.1, -0.05) is 6.08 Å². The van der Waals surface area contributed by atoms with Crippen molar-refractivity contribution in [3.63, 3.8) is 0 Å². The van der Waals surface area contributed by atoms with Crippen LogP contribution in [0.2, 0.25) is 0 Å². The summed E-state index contributed by atoms with van der Waals surface area (Å²) in [5.74, 6) is -1.04. The molecule has 0 bridgehead atoms. The minimum absolute atomic E-state index is 0.0996. The number of unbranched alkanes of at least 4 members (excludes halogenated alkanes) is 2. The van der Waals surface area contributed by atoms with Gasteiger partial charge in [0.15, 0.2) is 44.0 Å². The van der Waals surface area contributed by atoms with E-state index in [1.165, 1.54) is 0 Å². The fourth-order valence-electron chi connectivity index (χ4n) is 12.6. The molecule has 41 heteroatoms. The summed E-state index contributed by atoms with van der Waals surface area (Å²) in [6.45, 7) is -5.30. The van der Waals surface area contributed by atoms with Crippen LogP contribution in [0.25, 0.3) is 0 Å². The molecule has 7 heterocycles. The number of carbonyl (C=O) groups is 1. The molecule has 41 nitrogen and oxygen atoms in total. The van der Waals surface area contributed by atoms with Gasteiger partial charge in [0.1, 0.15) is 177 Å². The molecule has 8 aliphatic rings. The van der Waals surface area contributed by atoms with E-state index in [2.05, 4.69) is 0 Å². The van der Waals surface area contributed by atoms with E-state index >= 15 is 0 Å². The Morgan fingerprint density at radius 1 is 0.310 bits per heavy atom. The predicted octanol–water partition coefficient (Wildman–Crippen LogP) is -14.7. The lowest BCUT2D eigenvalue weighted by atomic mass is 9.81. The van der Waals surface area contributed by atoms with Gasteiger partial charge in [0, 0.05) is 18.9 Å². The van der Waals surface area contributed by atoms with E-state index in [1.54, 1.807) is 6.08 Å². The summed E-state index contributed by atoms with van der Waals surface area (Å²) >= 11 is 0. The molecule has 7 saturated heterocycles. The molecule has 39 atom stereocenters. The zero-order valence-electron chi connectivity index (χ0n) is 53.9. The second-order valence-corrected chi connectivity index (χ2v) is 26.1. The maximum Gasteiger partial charge on any atom is 0.186 e. The second kappa shape index (κ2) is 38.6. The molecule has 0 spiro atoms. The summed E-state index contributed by atoms with van der Waals surface area (Å²) in [7, 11) is 0. The highest BCUT2D eigenvalue weighted by Gasteiger charge is 2.54. The van der Waals surface area contributed by atoms with Crippen molar-refractivity contribution in [2.45, 2.75) is 278 Å². The van der Waals surface area contributed by atoms with Gasteiger partial charge in [-0.2, -0.15) is 0 Å². The summed E-state index contributed by atoms with van der Waals surface area (Å²) in [6.07, 6.45) is -59.8. The molecule has 0 amide bonds. The standard InChI is InChI=1S/C59H100O41/c60-11-20(6-4-8-87-54-48(80)44(76)37(69)27(97-54)16-92-58-52(84)47(79)40(72)30(100-58)19-93-59-53(85)46(78)39(71)29(99-59)18-91-57-50(82)43(75)36(68)25(13-62)96-57)5-2-1-3-7-86-31-10-22(63)33(65)26(94-31)15-88-23-9-21(32(64)41(73)34(23)66)14-89-55-51(83)45(77)38(70)28(98-55)17-90-56-49(81)42(74)35(67)24(12-61)95-56/h5,11,21-59,61-85H,1-4,6-10,12-19H2/b20-5-/t21-,22-,23-,24-,25-,26-,27-,28-,29-,30-,31-,32-,33+,34+,35-,36-,37-,38-,39-,40-,41+,42+,43+,44+,45+,46+,47+,48-,49-,50-,51-,52-,53-,54-,55-,56-,57-,58-,59-/m1/s1. The van der Waals surface area contributed by atoms with E-state index in [-0.39, 0.29) is 38.9 Å². The summed E-state index contributed by atoms with van der Waals surface area (Å²) < 4.78 is 84.1. The average Bonchev–Trinajstić information content (AvgIpc) is 0.810. The molecule has 0 unspecified atom stereocenters. The number of hydrogen-bond donors (Lipinski definition) is 25. The van der Waals surface area contributed by atoms with Gasteiger partial charge in [-0.05, 0) is 44.1 Å². The Bertz CT molecular complexity index is 2430. The molecule has 0 radical (unpaired) electrons. The van der Waals surface area contributed by atoms with E-state index in [1.807, 2.05) is 0 Å². The van der Waals surface area contributed by atoms with Crippen LogP contribution in [0.15, 0.2) is 11.6 Å².